The normalized spacial score (nSPS) is 17.7. The van der Waals surface area contributed by atoms with E-state index in [1.54, 1.807) is 23.9 Å². The smallest absolute Gasteiger partial charge is 0.252 e. The second-order valence-electron chi connectivity index (χ2n) is 8.62. The monoisotopic (exact) mass is 495 g/mol. The number of rotatable bonds is 6. The van der Waals surface area contributed by atoms with E-state index in [0.29, 0.717) is 12.5 Å². The number of oxime groups is 1. The Bertz CT molecular complexity index is 1200. The Morgan fingerprint density at radius 2 is 2.00 bits per heavy atom. The molecular weight excluding hydrogens is 470 g/mol. The van der Waals surface area contributed by atoms with Crippen molar-refractivity contribution in [3.05, 3.63) is 63.2 Å². The van der Waals surface area contributed by atoms with Gasteiger partial charge in [0.05, 0.1) is 16.9 Å². The second-order valence-corrected chi connectivity index (χ2v) is 9.43. The summed E-state index contributed by atoms with van der Waals surface area (Å²) in [7, 11) is 1.79. The van der Waals surface area contributed by atoms with Crippen LogP contribution < -0.4 is 10.5 Å². The molecule has 0 N–H and O–H groups in total. The first-order chi connectivity index (χ1) is 15.6. The molecule has 1 saturated carbocycles. The number of hydrogen-bond acceptors (Lipinski definition) is 6. The number of anilines is 1. The predicted molar refractivity (Wildman–Crippen MR) is 129 cm³/mol. The molecule has 0 unspecified atom stereocenters. The highest BCUT2D eigenvalue weighted by molar-refractivity contribution is 9.10. The van der Waals surface area contributed by atoms with Crippen molar-refractivity contribution in [1.29, 1.82) is 0 Å². The molecule has 8 heteroatoms. The van der Waals surface area contributed by atoms with Crippen molar-refractivity contribution in [3.63, 3.8) is 0 Å². The molecule has 4 heterocycles. The maximum atomic E-state index is 12.6. The number of hydrogen-bond donors (Lipinski definition) is 0. The summed E-state index contributed by atoms with van der Waals surface area (Å²) in [6.45, 7) is 2.32. The van der Waals surface area contributed by atoms with Crippen LogP contribution in [0.3, 0.4) is 0 Å². The Hall–Kier alpha value is -2.74. The van der Waals surface area contributed by atoms with Gasteiger partial charge in [-0.05, 0) is 71.8 Å². The summed E-state index contributed by atoms with van der Waals surface area (Å²) in [5, 5.41) is 4.55. The topological polar surface area (TPSA) is 72.6 Å². The van der Waals surface area contributed by atoms with Gasteiger partial charge >= 0.3 is 0 Å². The number of fused-ring (bicyclic) bond motifs is 1. The van der Waals surface area contributed by atoms with Gasteiger partial charge in [-0.15, -0.1) is 0 Å². The molecule has 166 valence electrons. The summed E-state index contributed by atoms with van der Waals surface area (Å²) in [5.41, 5.74) is 4.35. The van der Waals surface area contributed by atoms with Crippen molar-refractivity contribution in [1.82, 2.24) is 14.5 Å². The molecule has 3 aromatic heterocycles. The molecule has 0 aromatic carbocycles. The minimum absolute atomic E-state index is 0.0250. The van der Waals surface area contributed by atoms with E-state index in [1.165, 1.54) is 12.8 Å². The Kier molecular flexibility index (Phi) is 5.95. The number of piperidine rings is 1. The first kappa shape index (κ1) is 21.1. The van der Waals surface area contributed by atoms with Gasteiger partial charge in [0.15, 0.2) is 0 Å². The minimum atomic E-state index is -0.0250. The van der Waals surface area contributed by atoms with Gasteiger partial charge in [0.2, 0.25) is 0 Å². The highest BCUT2D eigenvalue weighted by atomic mass is 79.9. The second kappa shape index (κ2) is 9.02. The third-order valence-electron chi connectivity index (χ3n) is 6.35. The lowest BCUT2D eigenvalue weighted by Crippen LogP contribution is -2.38. The van der Waals surface area contributed by atoms with Gasteiger partial charge in [0.1, 0.15) is 22.4 Å². The molecule has 0 radical (unpaired) electrons. The fourth-order valence-corrected chi connectivity index (χ4v) is 4.57. The van der Waals surface area contributed by atoms with Crippen LogP contribution in [-0.4, -0.2) is 39.9 Å². The maximum Gasteiger partial charge on any atom is 0.252 e. The standard InChI is InChI=1S/C24H26BrN5O2/c1-29-19-7-8-21(25)27-24(19)20(14-22(29)31)30-12-9-17(10-13-30)23(18-4-2-3-11-26-18)28-32-15-16-5-6-16/h2-4,7-8,11,14,16-17H,5-6,9-10,12-13,15H2,1H3/b28-23-. The van der Waals surface area contributed by atoms with E-state index in [1.807, 2.05) is 30.3 Å². The van der Waals surface area contributed by atoms with E-state index in [2.05, 4.69) is 36.0 Å². The van der Waals surface area contributed by atoms with Crippen LogP contribution in [0.4, 0.5) is 5.69 Å². The van der Waals surface area contributed by atoms with Crippen molar-refractivity contribution in [2.75, 3.05) is 24.6 Å². The maximum absolute atomic E-state index is 12.6. The lowest BCUT2D eigenvalue weighted by molar-refractivity contribution is 0.132. The minimum Gasteiger partial charge on any atom is -0.395 e. The SMILES string of the molecule is Cn1c(=O)cc(N2CCC(/C(=N/OCC3CC3)c3ccccn3)CC2)c2nc(Br)ccc21. The number of nitrogens with zero attached hydrogens (tertiary/aromatic N) is 5. The lowest BCUT2D eigenvalue weighted by Gasteiger charge is -2.34. The first-order valence-electron chi connectivity index (χ1n) is 11.1. The molecule has 1 saturated heterocycles. The molecule has 1 aliphatic carbocycles. The highest BCUT2D eigenvalue weighted by Gasteiger charge is 2.28. The van der Waals surface area contributed by atoms with Crippen LogP contribution >= 0.6 is 15.9 Å². The fourth-order valence-electron chi connectivity index (χ4n) is 4.26. The van der Waals surface area contributed by atoms with Crippen LogP contribution in [0.5, 0.6) is 0 Å². The predicted octanol–water partition coefficient (Wildman–Crippen LogP) is 4.14. The number of aromatic nitrogens is 3. The van der Waals surface area contributed by atoms with E-state index in [9.17, 15) is 4.79 Å². The molecule has 3 aromatic rings. The van der Waals surface area contributed by atoms with Crippen molar-refractivity contribution < 1.29 is 4.84 Å². The highest BCUT2D eigenvalue weighted by Crippen LogP contribution is 2.31. The summed E-state index contributed by atoms with van der Waals surface area (Å²) < 4.78 is 2.41. The van der Waals surface area contributed by atoms with Crippen LogP contribution in [0, 0.1) is 11.8 Å². The van der Waals surface area contributed by atoms with Crippen LogP contribution in [-0.2, 0) is 11.9 Å². The van der Waals surface area contributed by atoms with E-state index in [4.69, 9.17) is 4.84 Å². The largest absolute Gasteiger partial charge is 0.395 e. The van der Waals surface area contributed by atoms with Crippen molar-refractivity contribution in [3.8, 4) is 0 Å². The number of halogens is 1. The summed E-state index contributed by atoms with van der Waals surface area (Å²) in [6.07, 6.45) is 6.10. The van der Waals surface area contributed by atoms with Crippen LogP contribution in [0.25, 0.3) is 11.0 Å². The zero-order valence-corrected chi connectivity index (χ0v) is 19.7. The molecule has 2 aliphatic rings. The van der Waals surface area contributed by atoms with E-state index >= 15 is 0 Å². The first-order valence-corrected chi connectivity index (χ1v) is 11.9. The van der Waals surface area contributed by atoms with Crippen molar-refractivity contribution in [2.45, 2.75) is 25.7 Å². The molecular formula is C24H26BrN5O2. The summed E-state index contributed by atoms with van der Waals surface area (Å²) in [6, 6.07) is 11.4. The van der Waals surface area contributed by atoms with Gasteiger partial charge in [-0.25, -0.2) is 4.98 Å². The van der Waals surface area contributed by atoms with Gasteiger partial charge in [-0.2, -0.15) is 0 Å². The number of aryl methyl sites for hydroxylation is 1. The average Bonchev–Trinajstić information content (AvgIpc) is 3.64. The van der Waals surface area contributed by atoms with E-state index < -0.39 is 0 Å². The van der Waals surface area contributed by atoms with Crippen LogP contribution in [0.1, 0.15) is 31.4 Å². The zero-order chi connectivity index (χ0) is 22.1. The summed E-state index contributed by atoms with van der Waals surface area (Å²) >= 11 is 3.47. The number of pyridine rings is 3. The van der Waals surface area contributed by atoms with E-state index in [0.717, 1.165) is 58.7 Å². The van der Waals surface area contributed by atoms with E-state index in [-0.39, 0.29) is 11.5 Å². The molecule has 5 rings (SSSR count). The molecule has 0 spiro atoms. The lowest BCUT2D eigenvalue weighted by atomic mass is 9.89. The van der Waals surface area contributed by atoms with Gasteiger partial charge in [-0.1, -0.05) is 11.2 Å². The third-order valence-corrected chi connectivity index (χ3v) is 6.80. The van der Waals surface area contributed by atoms with Crippen molar-refractivity contribution >= 4 is 38.4 Å². The molecule has 0 atom stereocenters. The van der Waals surface area contributed by atoms with Gasteiger partial charge in [0, 0.05) is 38.3 Å². The molecule has 32 heavy (non-hydrogen) atoms. The zero-order valence-electron chi connectivity index (χ0n) is 18.1. The van der Waals surface area contributed by atoms with Crippen LogP contribution in [0.2, 0.25) is 0 Å². The van der Waals surface area contributed by atoms with Crippen molar-refractivity contribution in [2.24, 2.45) is 24.0 Å². The van der Waals surface area contributed by atoms with Gasteiger partial charge in [-0.3, -0.25) is 9.78 Å². The Labute approximate surface area is 195 Å². The molecule has 1 aliphatic heterocycles. The Morgan fingerprint density at radius 1 is 1.19 bits per heavy atom. The summed E-state index contributed by atoms with van der Waals surface area (Å²) in [5.74, 6) is 0.921. The fraction of sp³-hybridized carbons (Fsp3) is 0.417. The molecule has 2 fully saturated rings. The molecule has 0 amide bonds. The molecule has 0 bridgehead atoms. The third kappa shape index (κ3) is 4.41. The van der Waals surface area contributed by atoms with Gasteiger partial charge in [0.25, 0.3) is 5.56 Å². The Morgan fingerprint density at radius 3 is 2.72 bits per heavy atom. The Balaban J connectivity index is 1.38. The quantitative estimate of drug-likeness (QED) is 0.292. The summed E-state index contributed by atoms with van der Waals surface area (Å²) in [4.78, 5) is 29.8. The average molecular weight is 496 g/mol. The molecule has 7 nitrogen and oxygen atoms in total. The van der Waals surface area contributed by atoms with Gasteiger partial charge < -0.3 is 14.3 Å². The van der Waals surface area contributed by atoms with Crippen LogP contribution in [0.15, 0.2) is 57.1 Å².